The second-order valence-corrected chi connectivity index (χ2v) is 7.34. The molecule has 32 heavy (non-hydrogen) atoms. The zero-order chi connectivity index (χ0) is 23.1. The zero-order valence-electron chi connectivity index (χ0n) is 18.1. The Morgan fingerprint density at radius 2 is 0.688 bits per heavy atom. The largest absolute Gasteiger partial charge is 0.383 e. The smallest absolute Gasteiger partial charge is 0.198 e. The maximum Gasteiger partial charge on any atom is 0.198 e. The van der Waals surface area contributed by atoms with Crippen molar-refractivity contribution in [2.45, 2.75) is 0 Å². The predicted octanol–water partition coefficient (Wildman–Crippen LogP) is -0.0556. The molecule has 12 N–H and O–H groups in total. The topological polar surface area (TPSA) is 186 Å². The Morgan fingerprint density at radius 3 is 0.875 bits per heavy atom. The van der Waals surface area contributed by atoms with E-state index >= 15 is 0 Å². The van der Waals surface area contributed by atoms with E-state index in [0.29, 0.717) is 97.4 Å². The average molecular weight is 441 g/mol. The minimum atomic E-state index is -0.249. The van der Waals surface area contributed by atoms with E-state index in [4.69, 9.17) is 22.9 Å². The maximum absolute atomic E-state index is 13.9. The number of hydrogen-bond acceptors (Lipinski definition) is 10. The number of carbonyl (C=O) groups is 2. The molecule has 2 aromatic rings. The van der Waals surface area contributed by atoms with Crippen molar-refractivity contribution in [1.82, 2.24) is 0 Å². The van der Waals surface area contributed by atoms with E-state index in [1.807, 2.05) is 0 Å². The Kier molecular flexibility index (Phi) is 8.01. The Balaban J connectivity index is 2.24. The third kappa shape index (κ3) is 4.53. The van der Waals surface area contributed by atoms with Crippen molar-refractivity contribution in [3.63, 3.8) is 0 Å². The Labute approximate surface area is 187 Å². The van der Waals surface area contributed by atoms with Gasteiger partial charge in [-0.1, -0.05) is 0 Å². The molecular formula is C22H32N8O2. The number of carbonyl (C=O) groups excluding carboxylic acids is 2. The van der Waals surface area contributed by atoms with Gasteiger partial charge in [-0.05, 0) is 24.3 Å². The standard InChI is InChI=1S/C22H32N8O2/c23-5-9-27-13-1-2-14(28-10-6-24)18-17(13)21(31)19-15(29-11-7-25)3-4-16(30-12-8-26)20(19)22(18)32/h1-4,27-30H,5-12,23-26H2. The summed E-state index contributed by atoms with van der Waals surface area (Å²) >= 11 is 0. The molecule has 0 atom stereocenters. The predicted molar refractivity (Wildman–Crippen MR) is 130 cm³/mol. The van der Waals surface area contributed by atoms with Crippen molar-refractivity contribution >= 4 is 34.3 Å². The first-order valence-corrected chi connectivity index (χ1v) is 10.8. The molecule has 0 aliphatic heterocycles. The molecule has 10 heteroatoms. The third-order valence-corrected chi connectivity index (χ3v) is 5.16. The third-order valence-electron chi connectivity index (χ3n) is 5.16. The molecule has 0 amide bonds. The van der Waals surface area contributed by atoms with Gasteiger partial charge in [-0.25, -0.2) is 0 Å². The van der Waals surface area contributed by atoms with Crippen molar-refractivity contribution in [1.29, 1.82) is 0 Å². The summed E-state index contributed by atoms with van der Waals surface area (Å²) in [6.07, 6.45) is 0. The first-order chi connectivity index (χ1) is 15.6. The summed E-state index contributed by atoms with van der Waals surface area (Å²) in [6.45, 7) is 3.40. The second-order valence-electron chi connectivity index (χ2n) is 7.34. The lowest BCUT2D eigenvalue weighted by Gasteiger charge is -2.27. The minimum absolute atomic E-state index is 0.249. The van der Waals surface area contributed by atoms with E-state index in [1.54, 1.807) is 24.3 Å². The average Bonchev–Trinajstić information content (AvgIpc) is 2.81. The lowest BCUT2D eigenvalue weighted by Crippen LogP contribution is -2.29. The van der Waals surface area contributed by atoms with Crippen LogP contribution in [-0.4, -0.2) is 63.9 Å². The van der Waals surface area contributed by atoms with E-state index in [1.165, 1.54) is 0 Å². The number of hydrogen-bond donors (Lipinski definition) is 8. The van der Waals surface area contributed by atoms with Crippen molar-refractivity contribution in [3.05, 3.63) is 46.5 Å². The van der Waals surface area contributed by atoms with Crippen LogP contribution in [0.2, 0.25) is 0 Å². The molecule has 172 valence electrons. The molecule has 0 fully saturated rings. The van der Waals surface area contributed by atoms with Gasteiger partial charge in [0.15, 0.2) is 11.6 Å². The lowest BCUT2D eigenvalue weighted by atomic mass is 9.80. The molecule has 0 heterocycles. The van der Waals surface area contributed by atoms with E-state index in [-0.39, 0.29) is 11.6 Å². The number of ketones is 2. The fourth-order valence-corrected chi connectivity index (χ4v) is 3.82. The summed E-state index contributed by atoms with van der Waals surface area (Å²) in [4.78, 5) is 27.7. The fraction of sp³-hybridized carbons (Fsp3) is 0.364. The molecule has 2 aromatic carbocycles. The molecule has 0 saturated carbocycles. The van der Waals surface area contributed by atoms with Gasteiger partial charge in [-0.2, -0.15) is 0 Å². The molecule has 0 saturated heterocycles. The van der Waals surface area contributed by atoms with Crippen LogP contribution in [-0.2, 0) is 0 Å². The molecule has 0 spiro atoms. The molecule has 0 aromatic heterocycles. The van der Waals surface area contributed by atoms with Crippen LogP contribution in [0.4, 0.5) is 22.7 Å². The fourth-order valence-electron chi connectivity index (χ4n) is 3.82. The van der Waals surface area contributed by atoms with Crippen LogP contribution < -0.4 is 44.2 Å². The van der Waals surface area contributed by atoms with Gasteiger partial charge in [0.05, 0.1) is 22.3 Å². The van der Waals surface area contributed by atoms with E-state index in [9.17, 15) is 9.59 Å². The highest BCUT2D eigenvalue weighted by molar-refractivity contribution is 6.35. The van der Waals surface area contributed by atoms with Gasteiger partial charge in [-0.15, -0.1) is 0 Å². The van der Waals surface area contributed by atoms with Gasteiger partial charge in [0.2, 0.25) is 0 Å². The van der Waals surface area contributed by atoms with Crippen molar-refractivity contribution in [3.8, 4) is 0 Å². The van der Waals surface area contributed by atoms with Crippen LogP contribution in [0.15, 0.2) is 24.3 Å². The Hall–Kier alpha value is -3.18. The Bertz CT molecular complexity index is 839. The molecule has 0 bridgehead atoms. The maximum atomic E-state index is 13.9. The van der Waals surface area contributed by atoms with Gasteiger partial charge < -0.3 is 44.2 Å². The number of benzene rings is 2. The Morgan fingerprint density at radius 1 is 0.469 bits per heavy atom. The monoisotopic (exact) mass is 440 g/mol. The van der Waals surface area contributed by atoms with Gasteiger partial charge in [0.1, 0.15) is 0 Å². The van der Waals surface area contributed by atoms with E-state index in [2.05, 4.69) is 21.3 Å². The number of rotatable bonds is 12. The highest BCUT2D eigenvalue weighted by Gasteiger charge is 2.37. The highest BCUT2D eigenvalue weighted by Crippen LogP contribution is 2.41. The quantitative estimate of drug-likeness (QED) is 0.190. The summed E-state index contributed by atoms with van der Waals surface area (Å²) in [7, 11) is 0. The normalized spacial score (nSPS) is 12.2. The molecule has 1 aliphatic rings. The van der Waals surface area contributed by atoms with Gasteiger partial charge >= 0.3 is 0 Å². The van der Waals surface area contributed by atoms with Gasteiger partial charge in [0.25, 0.3) is 0 Å². The molecule has 1 aliphatic carbocycles. The second kappa shape index (κ2) is 10.9. The summed E-state index contributed by atoms with van der Waals surface area (Å²) in [6, 6.07) is 7.14. The van der Waals surface area contributed by atoms with Crippen molar-refractivity contribution in [2.75, 3.05) is 73.6 Å². The zero-order valence-corrected chi connectivity index (χ0v) is 18.1. The van der Waals surface area contributed by atoms with E-state index in [0.717, 1.165) is 0 Å². The summed E-state index contributed by atoms with van der Waals surface area (Å²) in [5, 5.41) is 12.7. The molecule has 0 unspecified atom stereocenters. The van der Waals surface area contributed by atoms with E-state index < -0.39 is 0 Å². The number of fused-ring (bicyclic) bond motifs is 2. The van der Waals surface area contributed by atoms with Crippen LogP contribution in [0, 0.1) is 0 Å². The molecule has 3 rings (SSSR count). The molecule has 0 radical (unpaired) electrons. The number of anilines is 4. The molecule has 10 nitrogen and oxygen atoms in total. The first-order valence-electron chi connectivity index (χ1n) is 10.8. The molecular weight excluding hydrogens is 408 g/mol. The van der Waals surface area contributed by atoms with Crippen molar-refractivity contribution < 1.29 is 9.59 Å². The summed E-state index contributed by atoms with van der Waals surface area (Å²) < 4.78 is 0. The highest BCUT2D eigenvalue weighted by atomic mass is 16.1. The van der Waals surface area contributed by atoms with Crippen LogP contribution in [0.3, 0.4) is 0 Å². The van der Waals surface area contributed by atoms with Crippen LogP contribution in [0.1, 0.15) is 31.8 Å². The number of nitrogens with one attached hydrogen (secondary N) is 4. The lowest BCUT2D eigenvalue weighted by molar-refractivity contribution is 0.0981. The summed E-state index contributed by atoms with van der Waals surface area (Å²) in [5.74, 6) is -0.497. The van der Waals surface area contributed by atoms with Crippen molar-refractivity contribution in [2.24, 2.45) is 22.9 Å². The van der Waals surface area contributed by atoms with Crippen LogP contribution >= 0.6 is 0 Å². The SMILES string of the molecule is NCCNc1ccc(NCCN)c2c1C(=O)c1c(NCCN)ccc(NCCN)c1C2=O. The van der Waals surface area contributed by atoms with Gasteiger partial charge in [-0.3, -0.25) is 9.59 Å². The summed E-state index contributed by atoms with van der Waals surface area (Å²) in [5.41, 5.74) is 26.2. The number of nitrogens with two attached hydrogens (primary N) is 4. The first kappa shape index (κ1) is 23.5. The van der Waals surface area contributed by atoms with Crippen LogP contribution in [0.5, 0.6) is 0 Å². The van der Waals surface area contributed by atoms with Crippen LogP contribution in [0.25, 0.3) is 0 Å². The van der Waals surface area contributed by atoms with Gasteiger partial charge in [0, 0.05) is 75.1 Å². The minimum Gasteiger partial charge on any atom is -0.383 e.